The van der Waals surface area contributed by atoms with E-state index < -0.39 is 17.8 Å². The molecule has 0 unspecified atom stereocenters. The van der Waals surface area contributed by atoms with Crippen LogP contribution in [0.5, 0.6) is 0 Å². The lowest BCUT2D eigenvalue weighted by atomic mass is 10.1. The highest BCUT2D eigenvalue weighted by molar-refractivity contribution is 6.34. The predicted molar refractivity (Wildman–Crippen MR) is 125 cm³/mol. The van der Waals surface area contributed by atoms with E-state index in [2.05, 4.69) is 5.32 Å². The van der Waals surface area contributed by atoms with Crippen LogP contribution in [0.1, 0.15) is 48.4 Å². The van der Waals surface area contributed by atoms with Crippen LogP contribution in [0, 0.1) is 0 Å². The van der Waals surface area contributed by atoms with E-state index in [1.807, 2.05) is 6.92 Å². The smallest absolute Gasteiger partial charge is 0.338 e. The first-order chi connectivity index (χ1) is 16.5. The average Bonchev–Trinajstić information content (AvgIpc) is 3.12. The Hall–Kier alpha value is -4.30. The number of nitrogens with zero attached hydrogens (tertiary/aromatic N) is 1. The molecule has 3 amide bonds. The summed E-state index contributed by atoms with van der Waals surface area (Å²) < 4.78 is 10.2. The van der Waals surface area contributed by atoms with E-state index in [0.717, 1.165) is 4.90 Å². The van der Waals surface area contributed by atoms with Gasteiger partial charge < -0.3 is 14.8 Å². The second-order valence-corrected chi connectivity index (χ2v) is 7.40. The maximum absolute atomic E-state index is 12.6. The number of carbonyl (C=O) groups is 4. The summed E-state index contributed by atoms with van der Waals surface area (Å²) in [6.45, 7) is 2.92. The van der Waals surface area contributed by atoms with Crippen LogP contribution >= 0.6 is 0 Å². The van der Waals surface area contributed by atoms with E-state index in [0.29, 0.717) is 46.8 Å². The van der Waals surface area contributed by atoms with E-state index in [1.54, 1.807) is 72.8 Å². The normalized spacial score (nSPS) is 12.4. The number of hydrogen-bond donors (Lipinski definition) is 1. The quantitative estimate of drug-likeness (QED) is 0.312. The van der Waals surface area contributed by atoms with Crippen molar-refractivity contribution >= 4 is 35.1 Å². The molecule has 4 rings (SSSR count). The number of nitrogens with one attached hydrogen (secondary N) is 1. The number of ether oxygens (including phenoxy) is 2. The van der Waals surface area contributed by atoms with Crippen molar-refractivity contribution in [2.45, 2.75) is 6.92 Å². The molecular formula is C26H22N2O6. The molecule has 0 spiro atoms. The lowest BCUT2D eigenvalue weighted by molar-refractivity contribution is 0.0335. The summed E-state index contributed by atoms with van der Waals surface area (Å²) in [5.74, 6) is -1.63. The minimum absolute atomic E-state index is 0.169. The molecule has 1 N–H and O–H groups in total. The Labute approximate surface area is 196 Å². The monoisotopic (exact) mass is 458 g/mol. The van der Waals surface area contributed by atoms with Gasteiger partial charge in [0.05, 0.1) is 29.0 Å². The molecule has 0 atom stereocenters. The van der Waals surface area contributed by atoms with Gasteiger partial charge in [-0.1, -0.05) is 12.1 Å². The van der Waals surface area contributed by atoms with Crippen molar-refractivity contribution in [1.29, 1.82) is 0 Å². The van der Waals surface area contributed by atoms with Crippen molar-refractivity contribution in [3.8, 4) is 0 Å². The third-order valence-electron chi connectivity index (χ3n) is 5.23. The van der Waals surface area contributed by atoms with Crippen LogP contribution < -0.4 is 10.2 Å². The van der Waals surface area contributed by atoms with Gasteiger partial charge in [-0.05, 0) is 67.6 Å². The number of imide groups is 1. The number of carbonyl (C=O) groups excluding carboxylic acids is 4. The van der Waals surface area contributed by atoms with E-state index >= 15 is 0 Å². The zero-order valence-electron chi connectivity index (χ0n) is 18.4. The van der Waals surface area contributed by atoms with E-state index in [1.165, 1.54) is 0 Å². The molecule has 1 heterocycles. The molecule has 0 aliphatic carbocycles. The zero-order chi connectivity index (χ0) is 24.1. The summed E-state index contributed by atoms with van der Waals surface area (Å²) >= 11 is 0. The van der Waals surface area contributed by atoms with Crippen LogP contribution in [0.2, 0.25) is 0 Å². The lowest BCUT2D eigenvalue weighted by Crippen LogP contribution is -2.29. The van der Waals surface area contributed by atoms with Crippen LogP contribution in [-0.2, 0) is 9.47 Å². The summed E-state index contributed by atoms with van der Waals surface area (Å²) in [5, 5.41) is 2.75. The summed E-state index contributed by atoms with van der Waals surface area (Å²) in [6.07, 6.45) is 0. The molecule has 172 valence electrons. The van der Waals surface area contributed by atoms with Crippen LogP contribution in [-0.4, -0.2) is 43.5 Å². The summed E-state index contributed by atoms with van der Waals surface area (Å²) in [4.78, 5) is 50.9. The Morgan fingerprint density at radius 3 is 1.97 bits per heavy atom. The molecule has 0 saturated heterocycles. The fourth-order valence-corrected chi connectivity index (χ4v) is 3.50. The van der Waals surface area contributed by atoms with Crippen molar-refractivity contribution in [2.24, 2.45) is 0 Å². The highest BCUT2D eigenvalue weighted by Gasteiger charge is 2.36. The first-order valence-electron chi connectivity index (χ1n) is 10.7. The van der Waals surface area contributed by atoms with E-state index in [4.69, 9.17) is 9.47 Å². The molecule has 1 aliphatic rings. The maximum atomic E-state index is 12.6. The van der Waals surface area contributed by atoms with Crippen molar-refractivity contribution in [3.63, 3.8) is 0 Å². The second kappa shape index (κ2) is 10.1. The molecule has 8 nitrogen and oxygen atoms in total. The molecule has 1 aliphatic heterocycles. The lowest BCUT2D eigenvalue weighted by Gasteiger charge is -2.14. The summed E-state index contributed by atoms with van der Waals surface area (Å²) in [7, 11) is 0. The van der Waals surface area contributed by atoms with Crippen molar-refractivity contribution in [1.82, 2.24) is 0 Å². The molecule has 0 fully saturated rings. The highest BCUT2D eigenvalue weighted by atomic mass is 16.6. The van der Waals surface area contributed by atoms with Gasteiger partial charge in [-0.3, -0.25) is 14.4 Å². The zero-order valence-corrected chi connectivity index (χ0v) is 18.4. The fraction of sp³-hybridized carbons (Fsp3) is 0.154. The topological polar surface area (TPSA) is 102 Å². The Morgan fingerprint density at radius 2 is 1.38 bits per heavy atom. The third-order valence-corrected chi connectivity index (χ3v) is 5.23. The first-order valence-corrected chi connectivity index (χ1v) is 10.7. The number of anilines is 2. The van der Waals surface area contributed by atoms with Gasteiger partial charge in [0.2, 0.25) is 0 Å². The fourth-order valence-electron chi connectivity index (χ4n) is 3.50. The van der Waals surface area contributed by atoms with Gasteiger partial charge in [-0.2, -0.15) is 0 Å². The van der Waals surface area contributed by atoms with Gasteiger partial charge >= 0.3 is 5.97 Å². The average molecular weight is 458 g/mol. The second-order valence-electron chi connectivity index (χ2n) is 7.40. The maximum Gasteiger partial charge on any atom is 0.338 e. The molecule has 0 radical (unpaired) electrons. The SMILES string of the molecule is CCOCCOC(=O)c1ccc(NC(=O)c2ccc(N3C(=O)c4ccccc4C3=O)cc2)cc1. The standard InChI is InChI=1S/C26H22N2O6/c1-2-33-15-16-34-26(32)18-7-11-19(12-8-18)27-23(29)17-9-13-20(14-10-17)28-24(30)21-5-3-4-6-22(21)25(28)31/h3-14H,2,15-16H2,1H3,(H,27,29). The van der Waals surface area contributed by atoms with Crippen LogP contribution in [0.4, 0.5) is 11.4 Å². The number of rotatable bonds is 8. The van der Waals surface area contributed by atoms with Gasteiger partial charge in [-0.25, -0.2) is 9.69 Å². The van der Waals surface area contributed by atoms with Gasteiger partial charge in [0, 0.05) is 17.9 Å². The van der Waals surface area contributed by atoms with Gasteiger partial charge in [0.1, 0.15) is 6.61 Å². The number of hydrogen-bond acceptors (Lipinski definition) is 6. The molecule has 0 saturated carbocycles. The molecule has 3 aromatic rings. The van der Waals surface area contributed by atoms with Crippen molar-refractivity contribution < 1.29 is 28.7 Å². The molecule has 8 heteroatoms. The van der Waals surface area contributed by atoms with Gasteiger partial charge in [0.25, 0.3) is 17.7 Å². The minimum Gasteiger partial charge on any atom is -0.460 e. The number of amides is 3. The Kier molecular flexibility index (Phi) is 6.79. The van der Waals surface area contributed by atoms with Crippen molar-refractivity contribution in [3.05, 3.63) is 95.1 Å². The minimum atomic E-state index is -0.471. The third kappa shape index (κ3) is 4.72. The van der Waals surface area contributed by atoms with Gasteiger partial charge in [0.15, 0.2) is 0 Å². The van der Waals surface area contributed by atoms with Crippen LogP contribution in [0.25, 0.3) is 0 Å². The molecule has 0 bridgehead atoms. The van der Waals surface area contributed by atoms with E-state index in [9.17, 15) is 19.2 Å². The van der Waals surface area contributed by atoms with Crippen molar-refractivity contribution in [2.75, 3.05) is 30.0 Å². The molecule has 0 aromatic heterocycles. The van der Waals surface area contributed by atoms with E-state index in [-0.39, 0.29) is 12.5 Å². The largest absolute Gasteiger partial charge is 0.460 e. The van der Waals surface area contributed by atoms with Gasteiger partial charge in [-0.15, -0.1) is 0 Å². The molecule has 34 heavy (non-hydrogen) atoms. The highest BCUT2D eigenvalue weighted by Crippen LogP contribution is 2.28. The van der Waals surface area contributed by atoms with Crippen LogP contribution in [0.3, 0.4) is 0 Å². The molecule has 3 aromatic carbocycles. The summed E-state index contributed by atoms with van der Waals surface area (Å²) in [5.41, 5.74) is 2.31. The number of fused-ring (bicyclic) bond motifs is 1. The van der Waals surface area contributed by atoms with Crippen LogP contribution in [0.15, 0.2) is 72.8 Å². The Bertz CT molecular complexity index is 1200. The Morgan fingerprint density at radius 1 is 0.794 bits per heavy atom. The number of benzene rings is 3. The predicted octanol–water partition coefficient (Wildman–Crippen LogP) is 3.93. The molecular weight excluding hydrogens is 436 g/mol. The number of esters is 1. The Balaban J connectivity index is 1.38. The summed E-state index contributed by atoms with van der Waals surface area (Å²) in [6, 6.07) is 19.2. The first kappa shape index (κ1) is 22.9.